The molecule has 2 rings (SSSR count). The van der Waals surface area contributed by atoms with Gasteiger partial charge in [-0.3, -0.25) is 9.97 Å². The molecule has 0 spiro atoms. The monoisotopic (exact) mass is 340 g/mol. The van der Waals surface area contributed by atoms with Crippen molar-refractivity contribution < 1.29 is 8.42 Å². The first-order valence-electron chi connectivity index (χ1n) is 8.33. The number of hydrogen-bond donors (Lipinski definition) is 0. The summed E-state index contributed by atoms with van der Waals surface area (Å²) in [7, 11) is 0.974. The van der Waals surface area contributed by atoms with E-state index in [-0.39, 0.29) is 5.75 Å². The van der Waals surface area contributed by atoms with Crippen LogP contribution in [-0.4, -0.2) is 60.5 Å². The molecule has 6 nitrogen and oxygen atoms in total. The van der Waals surface area contributed by atoms with Gasteiger partial charge in [0.1, 0.15) is 0 Å². The summed E-state index contributed by atoms with van der Waals surface area (Å²) in [6.45, 7) is 3.97. The van der Waals surface area contributed by atoms with Crippen molar-refractivity contribution in [1.29, 1.82) is 0 Å². The molecule has 1 aromatic heterocycles. The smallest absolute Gasteiger partial charge is 0.214 e. The molecule has 0 bridgehead atoms. The van der Waals surface area contributed by atoms with Gasteiger partial charge in [0, 0.05) is 25.8 Å². The zero-order chi connectivity index (χ0) is 16.9. The number of rotatable bonds is 7. The standard InChI is InChI=1S/C16H28N4O2S/c1-4-9-23(21,22)20-7-5-14(6-8-20)10-15-11-18-16(12-17-15)13-19(2)3/h11-12,14H,4-10,13H2,1-3H3. The van der Waals surface area contributed by atoms with E-state index in [1.165, 1.54) is 0 Å². The lowest BCUT2D eigenvalue weighted by atomic mass is 9.93. The molecule has 1 fully saturated rings. The van der Waals surface area contributed by atoms with Gasteiger partial charge >= 0.3 is 0 Å². The minimum atomic E-state index is -3.05. The Morgan fingerprint density at radius 3 is 2.30 bits per heavy atom. The second kappa shape index (κ2) is 8.17. The number of hydrogen-bond acceptors (Lipinski definition) is 5. The molecule has 1 aliphatic heterocycles. The van der Waals surface area contributed by atoms with Crippen LogP contribution in [0.3, 0.4) is 0 Å². The number of aromatic nitrogens is 2. The van der Waals surface area contributed by atoms with Gasteiger partial charge in [0.15, 0.2) is 0 Å². The van der Waals surface area contributed by atoms with Gasteiger partial charge in [-0.2, -0.15) is 0 Å². The van der Waals surface area contributed by atoms with Crippen LogP contribution < -0.4 is 0 Å². The van der Waals surface area contributed by atoms with Crippen LogP contribution in [0.1, 0.15) is 37.6 Å². The van der Waals surface area contributed by atoms with Crippen LogP contribution >= 0.6 is 0 Å². The molecule has 0 N–H and O–H groups in total. The third-order valence-electron chi connectivity index (χ3n) is 4.16. The zero-order valence-electron chi connectivity index (χ0n) is 14.4. The molecule has 0 amide bonds. The van der Waals surface area contributed by atoms with E-state index in [1.54, 1.807) is 4.31 Å². The third kappa shape index (κ3) is 5.51. The Kier molecular flexibility index (Phi) is 6.50. The molecular formula is C16H28N4O2S. The Labute approximate surface area is 140 Å². The summed E-state index contributed by atoms with van der Waals surface area (Å²) in [5, 5.41) is 0. The highest BCUT2D eigenvalue weighted by Gasteiger charge is 2.27. The first-order chi connectivity index (χ1) is 10.9. The molecule has 0 aromatic carbocycles. The summed E-state index contributed by atoms with van der Waals surface area (Å²) in [6, 6.07) is 0. The van der Waals surface area contributed by atoms with Crippen LogP contribution in [-0.2, 0) is 23.0 Å². The quantitative estimate of drug-likeness (QED) is 0.753. The predicted molar refractivity (Wildman–Crippen MR) is 91.5 cm³/mol. The Bertz CT molecular complexity index is 579. The van der Waals surface area contributed by atoms with Crippen molar-refractivity contribution in [2.75, 3.05) is 32.9 Å². The molecule has 130 valence electrons. The Balaban J connectivity index is 1.84. The summed E-state index contributed by atoms with van der Waals surface area (Å²) >= 11 is 0. The van der Waals surface area contributed by atoms with Gasteiger partial charge in [-0.15, -0.1) is 0 Å². The van der Waals surface area contributed by atoms with E-state index in [0.29, 0.717) is 25.4 Å². The Morgan fingerprint density at radius 1 is 1.17 bits per heavy atom. The van der Waals surface area contributed by atoms with E-state index in [2.05, 4.69) is 14.9 Å². The molecule has 1 saturated heterocycles. The van der Waals surface area contributed by atoms with Crippen molar-refractivity contribution >= 4 is 10.0 Å². The fourth-order valence-corrected chi connectivity index (χ4v) is 4.51. The van der Waals surface area contributed by atoms with Crippen LogP contribution in [0.2, 0.25) is 0 Å². The second-order valence-electron chi connectivity index (χ2n) is 6.60. The van der Waals surface area contributed by atoms with Gasteiger partial charge in [0.05, 0.1) is 23.3 Å². The highest BCUT2D eigenvalue weighted by molar-refractivity contribution is 7.89. The number of nitrogens with zero attached hydrogens (tertiary/aromatic N) is 4. The van der Waals surface area contributed by atoms with Gasteiger partial charge in [-0.05, 0) is 45.7 Å². The lowest BCUT2D eigenvalue weighted by molar-refractivity contribution is 0.271. The minimum Gasteiger partial charge on any atom is -0.304 e. The van der Waals surface area contributed by atoms with Crippen molar-refractivity contribution in [3.8, 4) is 0 Å². The predicted octanol–water partition coefficient (Wildman–Crippen LogP) is 1.53. The van der Waals surface area contributed by atoms with Crippen molar-refractivity contribution in [2.45, 2.75) is 39.2 Å². The van der Waals surface area contributed by atoms with E-state index < -0.39 is 10.0 Å². The van der Waals surface area contributed by atoms with Crippen LogP contribution in [0.25, 0.3) is 0 Å². The molecule has 0 unspecified atom stereocenters. The molecule has 7 heteroatoms. The number of piperidine rings is 1. The summed E-state index contributed by atoms with van der Waals surface area (Å²) in [5.41, 5.74) is 1.97. The van der Waals surface area contributed by atoms with E-state index in [4.69, 9.17) is 0 Å². The molecule has 1 aromatic rings. The Hall–Kier alpha value is -1.05. The maximum absolute atomic E-state index is 12.1. The van der Waals surface area contributed by atoms with Crippen molar-refractivity contribution in [2.24, 2.45) is 5.92 Å². The largest absolute Gasteiger partial charge is 0.304 e. The van der Waals surface area contributed by atoms with Crippen LogP contribution in [0.4, 0.5) is 0 Å². The van der Waals surface area contributed by atoms with Gasteiger partial charge in [0.2, 0.25) is 10.0 Å². The van der Waals surface area contributed by atoms with Crippen LogP contribution in [0.5, 0.6) is 0 Å². The summed E-state index contributed by atoms with van der Waals surface area (Å²) < 4.78 is 25.8. The molecular weight excluding hydrogens is 312 g/mol. The highest BCUT2D eigenvalue weighted by Crippen LogP contribution is 2.23. The van der Waals surface area contributed by atoms with Crippen LogP contribution in [0, 0.1) is 5.92 Å². The molecule has 1 aliphatic rings. The average molecular weight is 340 g/mol. The highest BCUT2D eigenvalue weighted by atomic mass is 32.2. The Morgan fingerprint density at radius 2 is 1.78 bits per heavy atom. The lowest BCUT2D eigenvalue weighted by Gasteiger charge is -2.31. The molecule has 0 aliphatic carbocycles. The fraction of sp³-hybridized carbons (Fsp3) is 0.750. The minimum absolute atomic E-state index is 0.260. The van der Waals surface area contributed by atoms with E-state index >= 15 is 0 Å². The number of sulfonamides is 1. The molecule has 0 radical (unpaired) electrons. The summed E-state index contributed by atoms with van der Waals surface area (Å²) in [4.78, 5) is 11.0. The molecule has 23 heavy (non-hydrogen) atoms. The third-order valence-corrected chi connectivity index (χ3v) is 6.24. The van der Waals surface area contributed by atoms with Crippen molar-refractivity contribution in [3.63, 3.8) is 0 Å². The second-order valence-corrected chi connectivity index (χ2v) is 8.69. The van der Waals surface area contributed by atoms with E-state index in [0.717, 1.165) is 37.2 Å². The summed E-state index contributed by atoms with van der Waals surface area (Å²) in [6.07, 6.45) is 7.08. The summed E-state index contributed by atoms with van der Waals surface area (Å²) in [5.74, 6) is 0.758. The SMILES string of the molecule is CCCS(=O)(=O)N1CCC(Cc2cnc(CN(C)C)cn2)CC1. The molecule has 0 saturated carbocycles. The maximum atomic E-state index is 12.1. The first-order valence-corrected chi connectivity index (χ1v) is 9.94. The van der Waals surface area contributed by atoms with E-state index in [1.807, 2.05) is 33.4 Å². The molecule has 2 heterocycles. The van der Waals surface area contributed by atoms with Gasteiger partial charge in [-0.1, -0.05) is 6.92 Å². The van der Waals surface area contributed by atoms with Crippen molar-refractivity contribution in [1.82, 2.24) is 19.2 Å². The average Bonchev–Trinajstić information content (AvgIpc) is 2.49. The lowest BCUT2D eigenvalue weighted by Crippen LogP contribution is -2.40. The first kappa shape index (κ1) is 18.3. The normalized spacial score (nSPS) is 17.7. The van der Waals surface area contributed by atoms with Gasteiger partial charge < -0.3 is 4.90 Å². The fourth-order valence-electron chi connectivity index (χ4n) is 2.97. The van der Waals surface area contributed by atoms with Gasteiger partial charge in [-0.25, -0.2) is 12.7 Å². The maximum Gasteiger partial charge on any atom is 0.214 e. The van der Waals surface area contributed by atoms with Gasteiger partial charge in [0.25, 0.3) is 0 Å². The zero-order valence-corrected chi connectivity index (χ0v) is 15.2. The molecule has 0 atom stereocenters. The van der Waals surface area contributed by atoms with Crippen LogP contribution in [0.15, 0.2) is 12.4 Å². The van der Waals surface area contributed by atoms with E-state index in [9.17, 15) is 8.42 Å². The van der Waals surface area contributed by atoms with Crippen molar-refractivity contribution in [3.05, 3.63) is 23.8 Å². The topological polar surface area (TPSA) is 66.4 Å².